The molecule has 2 aromatic rings. The van der Waals surface area contributed by atoms with Gasteiger partial charge in [-0.25, -0.2) is 0 Å². The second-order valence-corrected chi connectivity index (χ2v) is 6.41. The standard InChI is InChI=1S/C18H14Cl2N2O3/c19-12-6-5-11(15(20)9-12)10-21-16(23)7-8-22-17(24)13-3-1-2-4-14(13)18(22)25/h1-6,9H,7-8,10H2,(H,21,23). The van der Waals surface area contributed by atoms with Crippen molar-refractivity contribution in [3.8, 4) is 0 Å². The average Bonchev–Trinajstić information content (AvgIpc) is 2.84. The van der Waals surface area contributed by atoms with E-state index in [4.69, 9.17) is 23.2 Å². The maximum Gasteiger partial charge on any atom is 0.261 e. The summed E-state index contributed by atoms with van der Waals surface area (Å²) in [5.74, 6) is -1.01. The van der Waals surface area contributed by atoms with E-state index in [-0.39, 0.29) is 37.2 Å². The number of nitrogens with zero attached hydrogens (tertiary/aromatic N) is 1. The molecule has 25 heavy (non-hydrogen) atoms. The summed E-state index contributed by atoms with van der Waals surface area (Å²) in [6.07, 6.45) is 0.0245. The Balaban J connectivity index is 1.55. The van der Waals surface area contributed by atoms with Crippen molar-refractivity contribution in [2.75, 3.05) is 6.54 Å². The molecule has 3 rings (SSSR count). The van der Waals surface area contributed by atoms with Crippen molar-refractivity contribution in [3.05, 3.63) is 69.2 Å². The Morgan fingerprint density at radius 3 is 2.24 bits per heavy atom. The van der Waals surface area contributed by atoms with E-state index in [9.17, 15) is 14.4 Å². The van der Waals surface area contributed by atoms with Crippen LogP contribution in [0.3, 0.4) is 0 Å². The molecule has 128 valence electrons. The molecule has 0 fully saturated rings. The molecule has 0 bridgehead atoms. The number of hydrogen-bond acceptors (Lipinski definition) is 3. The van der Waals surface area contributed by atoms with E-state index in [2.05, 4.69) is 5.32 Å². The van der Waals surface area contributed by atoms with Gasteiger partial charge in [0.15, 0.2) is 0 Å². The third kappa shape index (κ3) is 3.67. The van der Waals surface area contributed by atoms with Gasteiger partial charge in [0.05, 0.1) is 11.1 Å². The first kappa shape index (κ1) is 17.5. The summed E-state index contributed by atoms with van der Waals surface area (Å²) in [5, 5.41) is 3.70. The molecule has 0 spiro atoms. The van der Waals surface area contributed by atoms with Crippen LogP contribution in [0.4, 0.5) is 0 Å². The quantitative estimate of drug-likeness (QED) is 0.814. The highest BCUT2D eigenvalue weighted by molar-refractivity contribution is 6.35. The fraction of sp³-hybridized carbons (Fsp3) is 0.167. The number of carbonyl (C=O) groups is 3. The van der Waals surface area contributed by atoms with Crippen LogP contribution in [0.5, 0.6) is 0 Å². The van der Waals surface area contributed by atoms with E-state index in [1.165, 1.54) is 0 Å². The molecule has 7 heteroatoms. The molecule has 1 heterocycles. The van der Waals surface area contributed by atoms with Gasteiger partial charge >= 0.3 is 0 Å². The first-order valence-electron chi connectivity index (χ1n) is 7.63. The average molecular weight is 377 g/mol. The van der Waals surface area contributed by atoms with Crippen LogP contribution in [0.1, 0.15) is 32.7 Å². The van der Waals surface area contributed by atoms with Crippen LogP contribution in [0.25, 0.3) is 0 Å². The molecule has 0 saturated heterocycles. The van der Waals surface area contributed by atoms with Gasteiger partial charge in [0.2, 0.25) is 5.91 Å². The van der Waals surface area contributed by atoms with Gasteiger partial charge in [0.1, 0.15) is 0 Å². The van der Waals surface area contributed by atoms with Crippen LogP contribution in [0, 0.1) is 0 Å². The fourth-order valence-corrected chi connectivity index (χ4v) is 3.08. The third-order valence-corrected chi connectivity index (χ3v) is 4.52. The largest absolute Gasteiger partial charge is 0.352 e. The molecule has 0 unspecified atom stereocenters. The van der Waals surface area contributed by atoms with Gasteiger partial charge in [-0.05, 0) is 29.8 Å². The molecule has 3 amide bonds. The van der Waals surface area contributed by atoms with Crippen molar-refractivity contribution in [3.63, 3.8) is 0 Å². The van der Waals surface area contributed by atoms with Crippen LogP contribution >= 0.6 is 23.2 Å². The van der Waals surface area contributed by atoms with Crippen LogP contribution in [0.2, 0.25) is 10.0 Å². The van der Waals surface area contributed by atoms with Crippen molar-refractivity contribution < 1.29 is 14.4 Å². The van der Waals surface area contributed by atoms with Crippen molar-refractivity contribution >= 4 is 40.9 Å². The van der Waals surface area contributed by atoms with E-state index in [0.29, 0.717) is 21.2 Å². The Hall–Kier alpha value is -2.37. The van der Waals surface area contributed by atoms with Gasteiger partial charge in [0, 0.05) is 29.6 Å². The van der Waals surface area contributed by atoms with E-state index in [0.717, 1.165) is 10.5 Å². The van der Waals surface area contributed by atoms with Gasteiger partial charge in [-0.2, -0.15) is 0 Å². The molecular formula is C18H14Cl2N2O3. The maximum absolute atomic E-state index is 12.2. The van der Waals surface area contributed by atoms with E-state index in [1.54, 1.807) is 42.5 Å². The molecule has 1 N–H and O–H groups in total. The molecular weight excluding hydrogens is 363 g/mol. The summed E-state index contributed by atoms with van der Waals surface area (Å²) in [7, 11) is 0. The number of nitrogens with one attached hydrogen (secondary N) is 1. The normalized spacial score (nSPS) is 13.1. The first-order valence-corrected chi connectivity index (χ1v) is 8.39. The van der Waals surface area contributed by atoms with E-state index in [1.807, 2.05) is 0 Å². The van der Waals surface area contributed by atoms with E-state index < -0.39 is 0 Å². The molecule has 0 aromatic heterocycles. The second kappa shape index (κ2) is 7.25. The minimum Gasteiger partial charge on any atom is -0.352 e. The highest BCUT2D eigenvalue weighted by Gasteiger charge is 2.34. The zero-order valence-electron chi connectivity index (χ0n) is 13.1. The monoisotopic (exact) mass is 376 g/mol. The zero-order chi connectivity index (χ0) is 18.0. The number of carbonyl (C=O) groups excluding carboxylic acids is 3. The SMILES string of the molecule is O=C(CCN1C(=O)c2ccccc2C1=O)NCc1ccc(Cl)cc1Cl. The summed E-state index contributed by atoms with van der Waals surface area (Å²) >= 11 is 11.9. The molecule has 1 aliphatic heterocycles. The topological polar surface area (TPSA) is 66.5 Å². The Kier molecular flexibility index (Phi) is 5.06. The number of benzene rings is 2. The lowest BCUT2D eigenvalue weighted by atomic mass is 10.1. The maximum atomic E-state index is 12.2. The van der Waals surface area contributed by atoms with Crippen molar-refractivity contribution in [1.29, 1.82) is 0 Å². The molecule has 1 aliphatic rings. The minimum atomic E-state index is -0.367. The Morgan fingerprint density at radius 2 is 1.64 bits per heavy atom. The fourth-order valence-electron chi connectivity index (χ4n) is 2.60. The van der Waals surface area contributed by atoms with Gasteiger partial charge in [0.25, 0.3) is 11.8 Å². The lowest BCUT2D eigenvalue weighted by Crippen LogP contribution is -2.34. The molecule has 0 radical (unpaired) electrons. The highest BCUT2D eigenvalue weighted by atomic mass is 35.5. The summed E-state index contributed by atoms with van der Waals surface area (Å²) in [6.45, 7) is 0.281. The van der Waals surface area contributed by atoms with Crippen LogP contribution < -0.4 is 5.32 Å². The molecule has 0 atom stereocenters. The summed E-state index contributed by atoms with van der Waals surface area (Å²) < 4.78 is 0. The van der Waals surface area contributed by atoms with Gasteiger partial charge in [-0.1, -0.05) is 41.4 Å². The summed E-state index contributed by atoms with van der Waals surface area (Å²) in [5.41, 5.74) is 1.49. The predicted octanol–water partition coefficient (Wildman–Crippen LogP) is 3.30. The Morgan fingerprint density at radius 1 is 1.00 bits per heavy atom. The van der Waals surface area contributed by atoms with Crippen LogP contribution in [-0.4, -0.2) is 29.2 Å². The van der Waals surface area contributed by atoms with Crippen LogP contribution in [-0.2, 0) is 11.3 Å². The Bertz CT molecular complexity index is 832. The molecule has 0 saturated carbocycles. The summed E-state index contributed by atoms with van der Waals surface area (Å²) in [4.78, 5) is 37.5. The second-order valence-electron chi connectivity index (χ2n) is 5.57. The van der Waals surface area contributed by atoms with E-state index >= 15 is 0 Å². The number of fused-ring (bicyclic) bond motifs is 1. The van der Waals surface area contributed by atoms with Crippen molar-refractivity contribution in [2.24, 2.45) is 0 Å². The molecule has 5 nitrogen and oxygen atoms in total. The first-order chi connectivity index (χ1) is 12.0. The predicted molar refractivity (Wildman–Crippen MR) is 94.7 cm³/mol. The number of hydrogen-bond donors (Lipinski definition) is 1. The number of imide groups is 1. The lowest BCUT2D eigenvalue weighted by molar-refractivity contribution is -0.121. The number of amides is 3. The van der Waals surface area contributed by atoms with Gasteiger partial charge < -0.3 is 5.32 Å². The van der Waals surface area contributed by atoms with Crippen molar-refractivity contribution in [1.82, 2.24) is 10.2 Å². The van der Waals surface area contributed by atoms with Gasteiger partial charge in [-0.15, -0.1) is 0 Å². The number of halogens is 2. The zero-order valence-corrected chi connectivity index (χ0v) is 14.6. The Labute approximate surface area is 154 Å². The van der Waals surface area contributed by atoms with Crippen LogP contribution in [0.15, 0.2) is 42.5 Å². The highest BCUT2D eigenvalue weighted by Crippen LogP contribution is 2.23. The lowest BCUT2D eigenvalue weighted by Gasteiger charge is -2.13. The van der Waals surface area contributed by atoms with Gasteiger partial charge in [-0.3, -0.25) is 19.3 Å². The smallest absolute Gasteiger partial charge is 0.261 e. The number of rotatable bonds is 5. The minimum absolute atomic E-state index is 0.0245. The van der Waals surface area contributed by atoms with Crippen molar-refractivity contribution in [2.45, 2.75) is 13.0 Å². The molecule has 2 aromatic carbocycles. The third-order valence-electron chi connectivity index (χ3n) is 3.93. The molecule has 0 aliphatic carbocycles. The summed E-state index contributed by atoms with van der Waals surface area (Å²) in [6, 6.07) is 11.6.